The largest absolute Gasteiger partial charge is 0.507 e. The number of rotatable bonds is 3. The molecule has 1 aliphatic rings. The number of hydrogen-bond acceptors (Lipinski definition) is 4. The second kappa shape index (κ2) is 7.31. The normalized spacial score (nSPS) is 18.3. The number of Topliss-reactive ketones (excluding diaryl/α,β-unsaturated/α-hetero) is 1. The van der Waals surface area contributed by atoms with Crippen LogP contribution in [0.2, 0.25) is 0 Å². The topological polar surface area (TPSA) is 70.5 Å². The zero-order chi connectivity index (χ0) is 20.5. The lowest BCUT2D eigenvalue weighted by Gasteiger charge is -2.26. The lowest BCUT2D eigenvalue weighted by atomic mass is 9.95. The molecule has 0 bridgehead atoms. The highest BCUT2D eigenvalue weighted by Crippen LogP contribution is 2.42. The van der Waals surface area contributed by atoms with Crippen molar-refractivity contribution < 1.29 is 19.1 Å². The highest BCUT2D eigenvalue weighted by atomic mass is 19.1. The Morgan fingerprint density at radius 2 is 1.66 bits per heavy atom. The van der Waals surface area contributed by atoms with Gasteiger partial charge in [0.1, 0.15) is 11.6 Å². The molecule has 0 spiro atoms. The van der Waals surface area contributed by atoms with E-state index in [9.17, 15) is 19.1 Å². The smallest absolute Gasteiger partial charge is 0.300 e. The van der Waals surface area contributed by atoms with E-state index in [2.05, 4.69) is 4.98 Å². The number of halogens is 1. The van der Waals surface area contributed by atoms with Crippen LogP contribution in [0.4, 0.5) is 10.1 Å². The van der Waals surface area contributed by atoms with Crippen LogP contribution in [0, 0.1) is 12.7 Å². The molecule has 0 aliphatic carbocycles. The van der Waals surface area contributed by atoms with Crippen LogP contribution in [0.5, 0.6) is 0 Å². The van der Waals surface area contributed by atoms with Gasteiger partial charge in [0, 0.05) is 23.6 Å². The molecule has 0 saturated carbocycles. The highest BCUT2D eigenvalue weighted by Gasteiger charge is 2.47. The average Bonchev–Trinajstić information content (AvgIpc) is 3.00. The molecule has 2 aromatic carbocycles. The van der Waals surface area contributed by atoms with Gasteiger partial charge in [0.15, 0.2) is 0 Å². The van der Waals surface area contributed by atoms with Crippen molar-refractivity contribution in [1.82, 2.24) is 4.98 Å². The number of nitrogens with zero attached hydrogens (tertiary/aromatic N) is 2. The third kappa shape index (κ3) is 3.18. The Morgan fingerprint density at radius 1 is 1.00 bits per heavy atom. The molecule has 1 N–H and O–H groups in total. The van der Waals surface area contributed by atoms with Gasteiger partial charge in [0.25, 0.3) is 11.7 Å². The fraction of sp³-hybridized carbons (Fsp3) is 0.0870. The fourth-order valence-corrected chi connectivity index (χ4v) is 3.54. The van der Waals surface area contributed by atoms with Crippen LogP contribution in [0.1, 0.15) is 22.7 Å². The number of amides is 1. The number of para-hydroxylation sites is 1. The molecule has 1 fully saturated rings. The highest BCUT2D eigenvalue weighted by molar-refractivity contribution is 6.51. The van der Waals surface area contributed by atoms with Crippen LogP contribution >= 0.6 is 0 Å². The molecule has 29 heavy (non-hydrogen) atoms. The van der Waals surface area contributed by atoms with E-state index in [-0.39, 0.29) is 16.9 Å². The van der Waals surface area contributed by atoms with E-state index in [1.165, 1.54) is 29.2 Å². The molecule has 6 heteroatoms. The van der Waals surface area contributed by atoms with E-state index in [0.29, 0.717) is 11.3 Å². The number of pyridine rings is 1. The molecule has 144 valence electrons. The number of benzene rings is 2. The molecule has 1 aliphatic heterocycles. The van der Waals surface area contributed by atoms with Gasteiger partial charge in [-0.1, -0.05) is 18.2 Å². The molecule has 1 amide bonds. The first-order valence-corrected chi connectivity index (χ1v) is 9.01. The van der Waals surface area contributed by atoms with Crippen LogP contribution in [0.15, 0.2) is 78.6 Å². The Labute approximate surface area is 166 Å². The van der Waals surface area contributed by atoms with Gasteiger partial charge in [-0.25, -0.2) is 4.39 Å². The van der Waals surface area contributed by atoms with Crippen molar-refractivity contribution in [2.24, 2.45) is 0 Å². The number of aryl methyl sites for hydroxylation is 1. The number of carbonyl (C=O) groups excluding carboxylic acids is 2. The average molecular weight is 388 g/mol. The summed E-state index contributed by atoms with van der Waals surface area (Å²) in [5, 5.41) is 10.9. The summed E-state index contributed by atoms with van der Waals surface area (Å²) >= 11 is 0. The van der Waals surface area contributed by atoms with E-state index in [0.717, 1.165) is 5.56 Å². The van der Waals surface area contributed by atoms with Gasteiger partial charge in [-0.05, 0) is 60.5 Å². The second-order valence-corrected chi connectivity index (χ2v) is 6.74. The lowest BCUT2D eigenvalue weighted by Crippen LogP contribution is -2.30. The third-order valence-corrected chi connectivity index (χ3v) is 4.96. The standard InChI is InChI=1S/C23H17FN2O3/c1-14-4-2-3-5-18(14)26-20(15-10-12-25-13-11-15)19(22(28)23(26)29)21(27)16-6-8-17(24)9-7-16/h2-13,20,27H,1H3/b21-19+. The van der Waals surface area contributed by atoms with E-state index >= 15 is 0 Å². The molecular formula is C23H17FN2O3. The summed E-state index contributed by atoms with van der Waals surface area (Å²) in [5.74, 6) is -2.34. The van der Waals surface area contributed by atoms with Crippen molar-refractivity contribution in [1.29, 1.82) is 0 Å². The molecule has 5 nitrogen and oxygen atoms in total. The van der Waals surface area contributed by atoms with Gasteiger partial charge >= 0.3 is 0 Å². The summed E-state index contributed by atoms with van der Waals surface area (Å²) in [7, 11) is 0. The lowest BCUT2D eigenvalue weighted by molar-refractivity contribution is -0.132. The zero-order valence-corrected chi connectivity index (χ0v) is 15.5. The molecule has 2 heterocycles. The molecule has 1 atom stereocenters. The summed E-state index contributed by atoms with van der Waals surface area (Å²) in [6.45, 7) is 1.85. The van der Waals surface area contributed by atoms with Crippen LogP contribution in [0.25, 0.3) is 5.76 Å². The van der Waals surface area contributed by atoms with Gasteiger partial charge in [0.2, 0.25) is 0 Å². The summed E-state index contributed by atoms with van der Waals surface area (Å²) in [6.07, 6.45) is 3.12. The van der Waals surface area contributed by atoms with E-state index in [1.807, 2.05) is 19.1 Å². The van der Waals surface area contributed by atoms with Crippen LogP contribution < -0.4 is 4.90 Å². The van der Waals surface area contributed by atoms with Crippen LogP contribution in [-0.2, 0) is 9.59 Å². The zero-order valence-electron chi connectivity index (χ0n) is 15.5. The maximum atomic E-state index is 13.3. The number of aliphatic hydroxyl groups excluding tert-OH is 1. The van der Waals surface area contributed by atoms with Gasteiger partial charge in [-0.2, -0.15) is 0 Å². The first-order chi connectivity index (χ1) is 14.0. The summed E-state index contributed by atoms with van der Waals surface area (Å²) in [6, 6.07) is 14.9. The number of anilines is 1. The van der Waals surface area contributed by atoms with Crippen LogP contribution in [-0.4, -0.2) is 21.8 Å². The molecule has 1 unspecified atom stereocenters. The minimum absolute atomic E-state index is 0.0453. The Balaban J connectivity index is 1.96. The molecular weight excluding hydrogens is 371 g/mol. The van der Waals surface area contributed by atoms with Crippen molar-refractivity contribution in [3.8, 4) is 0 Å². The molecule has 3 aromatic rings. The Bertz CT molecular complexity index is 1120. The summed E-state index contributed by atoms with van der Waals surface area (Å²) in [4.78, 5) is 31.4. The Kier molecular flexibility index (Phi) is 4.68. The van der Waals surface area contributed by atoms with E-state index in [1.54, 1.807) is 36.7 Å². The first kappa shape index (κ1) is 18.6. The Morgan fingerprint density at radius 3 is 2.31 bits per heavy atom. The molecule has 4 rings (SSSR count). The van der Waals surface area contributed by atoms with Crippen molar-refractivity contribution in [2.45, 2.75) is 13.0 Å². The maximum Gasteiger partial charge on any atom is 0.300 e. The second-order valence-electron chi connectivity index (χ2n) is 6.74. The fourth-order valence-electron chi connectivity index (χ4n) is 3.54. The number of ketones is 1. The quantitative estimate of drug-likeness (QED) is 0.416. The summed E-state index contributed by atoms with van der Waals surface area (Å²) in [5.41, 5.74) is 2.24. The monoisotopic (exact) mass is 388 g/mol. The number of aromatic nitrogens is 1. The van der Waals surface area contributed by atoms with Gasteiger partial charge in [-0.15, -0.1) is 0 Å². The minimum atomic E-state index is -0.829. The van der Waals surface area contributed by atoms with Crippen molar-refractivity contribution in [3.63, 3.8) is 0 Å². The molecule has 1 aromatic heterocycles. The van der Waals surface area contributed by atoms with Gasteiger partial charge in [-0.3, -0.25) is 19.5 Å². The van der Waals surface area contributed by atoms with Crippen molar-refractivity contribution >= 4 is 23.1 Å². The third-order valence-electron chi connectivity index (χ3n) is 4.96. The van der Waals surface area contributed by atoms with E-state index < -0.39 is 23.5 Å². The predicted octanol–water partition coefficient (Wildman–Crippen LogP) is 4.16. The number of hydrogen-bond donors (Lipinski definition) is 1. The minimum Gasteiger partial charge on any atom is -0.507 e. The molecule has 0 radical (unpaired) electrons. The number of aliphatic hydroxyl groups is 1. The molecule has 1 saturated heterocycles. The maximum absolute atomic E-state index is 13.3. The van der Waals surface area contributed by atoms with Crippen molar-refractivity contribution in [2.75, 3.05) is 4.90 Å². The van der Waals surface area contributed by atoms with Gasteiger partial charge in [0.05, 0.1) is 11.6 Å². The summed E-state index contributed by atoms with van der Waals surface area (Å²) < 4.78 is 13.3. The van der Waals surface area contributed by atoms with E-state index in [4.69, 9.17) is 0 Å². The first-order valence-electron chi connectivity index (χ1n) is 9.01. The van der Waals surface area contributed by atoms with Crippen molar-refractivity contribution in [3.05, 3.63) is 101 Å². The predicted molar refractivity (Wildman–Crippen MR) is 107 cm³/mol. The van der Waals surface area contributed by atoms with Crippen LogP contribution in [0.3, 0.4) is 0 Å². The van der Waals surface area contributed by atoms with Gasteiger partial charge < -0.3 is 5.11 Å². The SMILES string of the molecule is Cc1ccccc1N1C(=O)C(=O)/C(=C(/O)c2ccc(F)cc2)C1c1ccncc1. The number of carbonyl (C=O) groups is 2. The Hall–Kier alpha value is -3.80.